The number of fused-ring (bicyclic) bond motifs is 1. The molecular weight excluding hydrogens is 292 g/mol. The molecule has 0 spiro atoms. The number of hydrogen-bond donors (Lipinski definition) is 0. The Bertz CT molecular complexity index is 870. The lowest BCUT2D eigenvalue weighted by molar-refractivity contribution is 0.0837. The molecule has 0 aliphatic heterocycles. The molecule has 0 aliphatic carbocycles. The maximum absolute atomic E-state index is 12.4. The van der Waals surface area contributed by atoms with Crippen LogP contribution in [0.3, 0.4) is 0 Å². The average Bonchev–Trinajstić information content (AvgIpc) is 2.59. The smallest absolute Gasteiger partial charge is 0.310 e. The van der Waals surface area contributed by atoms with E-state index in [4.69, 9.17) is 9.57 Å². The van der Waals surface area contributed by atoms with E-state index in [-0.39, 0.29) is 5.56 Å². The summed E-state index contributed by atoms with van der Waals surface area (Å²) in [6, 6.07) is 15.4. The van der Waals surface area contributed by atoms with Gasteiger partial charge < -0.3 is 9.57 Å². The lowest BCUT2D eigenvalue weighted by Crippen LogP contribution is -2.30. The highest BCUT2D eigenvalue weighted by atomic mass is 16.7. The highest BCUT2D eigenvalue weighted by Gasteiger charge is 2.12. The fourth-order valence-corrected chi connectivity index (χ4v) is 2.52. The van der Waals surface area contributed by atoms with Crippen LogP contribution in [-0.4, -0.2) is 23.7 Å². The third kappa shape index (κ3) is 2.96. The first-order valence-corrected chi connectivity index (χ1v) is 7.48. The van der Waals surface area contributed by atoms with Gasteiger partial charge in [0.1, 0.15) is 12.3 Å². The molecule has 1 aromatic heterocycles. The Hall–Kier alpha value is -2.66. The normalized spacial score (nSPS) is 10.9. The predicted molar refractivity (Wildman–Crippen MR) is 89.3 cm³/mol. The van der Waals surface area contributed by atoms with Gasteiger partial charge in [-0.3, -0.25) is 4.79 Å². The molecule has 23 heavy (non-hydrogen) atoms. The molecule has 1 heterocycles. The molecule has 0 fully saturated rings. The molecular formula is C18H18N2O3. The SMILES string of the molecule is CCOn1nc(-c2ccc(COC)cc2)c2ccccc2c1=O. The predicted octanol–water partition coefficient (Wildman–Crippen LogP) is 2.66. The largest absolute Gasteiger partial charge is 0.394 e. The summed E-state index contributed by atoms with van der Waals surface area (Å²) in [5, 5.41) is 5.79. The number of aromatic nitrogens is 2. The summed E-state index contributed by atoms with van der Waals surface area (Å²) in [7, 11) is 1.67. The summed E-state index contributed by atoms with van der Waals surface area (Å²) in [6.45, 7) is 2.76. The Morgan fingerprint density at radius 2 is 1.74 bits per heavy atom. The van der Waals surface area contributed by atoms with Gasteiger partial charge in [-0.1, -0.05) is 47.3 Å². The highest BCUT2D eigenvalue weighted by molar-refractivity contribution is 5.93. The zero-order chi connectivity index (χ0) is 16.2. The van der Waals surface area contributed by atoms with Crippen molar-refractivity contribution in [1.82, 2.24) is 9.94 Å². The van der Waals surface area contributed by atoms with Crippen molar-refractivity contribution in [3.05, 3.63) is 64.4 Å². The zero-order valence-electron chi connectivity index (χ0n) is 13.2. The molecule has 0 radical (unpaired) electrons. The highest BCUT2D eigenvalue weighted by Crippen LogP contribution is 2.24. The molecule has 0 atom stereocenters. The van der Waals surface area contributed by atoms with Crippen LogP contribution >= 0.6 is 0 Å². The number of rotatable bonds is 5. The van der Waals surface area contributed by atoms with E-state index in [1.54, 1.807) is 13.2 Å². The molecule has 2 aromatic carbocycles. The van der Waals surface area contributed by atoms with Crippen molar-refractivity contribution in [2.45, 2.75) is 13.5 Å². The Kier molecular flexibility index (Phi) is 4.39. The van der Waals surface area contributed by atoms with Gasteiger partial charge in [-0.15, -0.1) is 5.10 Å². The maximum atomic E-state index is 12.4. The van der Waals surface area contributed by atoms with Crippen LogP contribution in [0.2, 0.25) is 0 Å². The lowest BCUT2D eigenvalue weighted by atomic mass is 10.0. The third-order valence-electron chi connectivity index (χ3n) is 3.57. The van der Waals surface area contributed by atoms with Crippen LogP contribution in [0.1, 0.15) is 12.5 Å². The van der Waals surface area contributed by atoms with Crippen LogP contribution in [0.4, 0.5) is 0 Å². The van der Waals surface area contributed by atoms with Gasteiger partial charge >= 0.3 is 5.56 Å². The maximum Gasteiger partial charge on any atom is 0.310 e. The molecule has 0 unspecified atom stereocenters. The second-order valence-corrected chi connectivity index (χ2v) is 5.12. The number of methoxy groups -OCH3 is 1. The minimum Gasteiger partial charge on any atom is -0.394 e. The molecule has 118 valence electrons. The van der Waals surface area contributed by atoms with Crippen molar-refractivity contribution in [1.29, 1.82) is 0 Å². The molecule has 5 nitrogen and oxygen atoms in total. The van der Waals surface area contributed by atoms with Crippen LogP contribution in [0, 0.1) is 0 Å². The van der Waals surface area contributed by atoms with E-state index >= 15 is 0 Å². The second kappa shape index (κ2) is 6.62. The monoisotopic (exact) mass is 310 g/mol. The molecule has 0 saturated heterocycles. The minimum atomic E-state index is -0.248. The van der Waals surface area contributed by atoms with Crippen molar-refractivity contribution >= 4 is 10.8 Å². The Morgan fingerprint density at radius 3 is 2.39 bits per heavy atom. The molecule has 0 amide bonds. The molecule has 5 heteroatoms. The van der Waals surface area contributed by atoms with Crippen LogP contribution in [-0.2, 0) is 11.3 Å². The zero-order valence-corrected chi connectivity index (χ0v) is 13.2. The number of benzene rings is 2. The summed E-state index contributed by atoms with van der Waals surface area (Å²) < 4.78 is 5.13. The van der Waals surface area contributed by atoms with Gasteiger partial charge in [-0.2, -0.15) is 0 Å². The van der Waals surface area contributed by atoms with E-state index in [2.05, 4.69) is 5.10 Å². The number of ether oxygens (including phenoxy) is 1. The van der Waals surface area contributed by atoms with Gasteiger partial charge in [-0.25, -0.2) is 0 Å². The van der Waals surface area contributed by atoms with E-state index in [1.807, 2.05) is 49.4 Å². The van der Waals surface area contributed by atoms with Crippen molar-refractivity contribution in [3.63, 3.8) is 0 Å². The fourth-order valence-electron chi connectivity index (χ4n) is 2.52. The van der Waals surface area contributed by atoms with E-state index < -0.39 is 0 Å². The van der Waals surface area contributed by atoms with Gasteiger partial charge in [0.2, 0.25) is 0 Å². The molecule has 3 rings (SSSR count). The molecule has 0 N–H and O–H groups in total. The number of hydrogen-bond acceptors (Lipinski definition) is 4. The first-order valence-electron chi connectivity index (χ1n) is 7.48. The fraction of sp³-hybridized carbons (Fsp3) is 0.222. The second-order valence-electron chi connectivity index (χ2n) is 5.12. The van der Waals surface area contributed by atoms with E-state index in [0.29, 0.717) is 18.6 Å². The Labute approximate surface area is 134 Å². The first kappa shape index (κ1) is 15.2. The van der Waals surface area contributed by atoms with Crippen LogP contribution in [0.15, 0.2) is 53.3 Å². The first-order chi connectivity index (χ1) is 11.2. The number of nitrogens with zero attached hydrogens (tertiary/aromatic N) is 2. The van der Waals surface area contributed by atoms with E-state index in [1.165, 1.54) is 0 Å². The quantitative estimate of drug-likeness (QED) is 0.727. The van der Waals surface area contributed by atoms with Crippen molar-refractivity contribution in [3.8, 4) is 11.3 Å². The Balaban J connectivity index is 2.19. The molecule has 0 bridgehead atoms. The van der Waals surface area contributed by atoms with Crippen LogP contribution in [0.25, 0.3) is 22.0 Å². The van der Waals surface area contributed by atoms with Gasteiger partial charge in [0.05, 0.1) is 12.0 Å². The summed E-state index contributed by atoms with van der Waals surface area (Å²) in [5.41, 5.74) is 2.48. The van der Waals surface area contributed by atoms with Gasteiger partial charge in [0, 0.05) is 18.1 Å². The summed E-state index contributed by atoms with van der Waals surface area (Å²) in [6.07, 6.45) is 0. The van der Waals surface area contributed by atoms with Crippen LogP contribution < -0.4 is 10.4 Å². The van der Waals surface area contributed by atoms with E-state index in [9.17, 15) is 4.79 Å². The van der Waals surface area contributed by atoms with E-state index in [0.717, 1.165) is 27.1 Å². The summed E-state index contributed by atoms with van der Waals surface area (Å²) in [4.78, 5) is 18.8. The summed E-state index contributed by atoms with van der Waals surface area (Å²) >= 11 is 0. The lowest BCUT2D eigenvalue weighted by Gasteiger charge is -2.11. The minimum absolute atomic E-state index is 0.248. The Morgan fingerprint density at radius 1 is 1.04 bits per heavy atom. The molecule has 0 saturated carbocycles. The van der Waals surface area contributed by atoms with Crippen LogP contribution in [0.5, 0.6) is 0 Å². The van der Waals surface area contributed by atoms with Crippen molar-refractivity contribution in [2.24, 2.45) is 0 Å². The van der Waals surface area contributed by atoms with Crippen molar-refractivity contribution in [2.75, 3.05) is 13.7 Å². The van der Waals surface area contributed by atoms with Gasteiger partial charge in [0.15, 0.2) is 0 Å². The standard InChI is InChI=1S/C18H18N2O3/c1-3-23-20-18(21)16-7-5-4-6-15(16)17(19-20)14-10-8-13(9-11-14)12-22-2/h4-11H,3,12H2,1-2H3. The molecule has 3 aromatic rings. The van der Waals surface area contributed by atoms with Crippen molar-refractivity contribution < 1.29 is 9.57 Å². The third-order valence-corrected chi connectivity index (χ3v) is 3.57. The van der Waals surface area contributed by atoms with Gasteiger partial charge in [0.25, 0.3) is 0 Å². The summed E-state index contributed by atoms with van der Waals surface area (Å²) in [5.74, 6) is 0. The molecule has 0 aliphatic rings. The average molecular weight is 310 g/mol. The van der Waals surface area contributed by atoms with Gasteiger partial charge in [-0.05, 0) is 18.6 Å². The topological polar surface area (TPSA) is 53.4 Å².